The van der Waals surface area contributed by atoms with E-state index in [1.807, 2.05) is 13.8 Å². The number of para-hydroxylation sites is 1. The van der Waals surface area contributed by atoms with Crippen LogP contribution in [-0.2, 0) is 49.3 Å². The SMILES string of the molecule is CCOC(=O)[C@@H](CC)OP(=O)(COc1ccc(C[C@H](NC(=O)O[C@H]2CO[C@H]3OCC[C@H]32)[C@H](O)CN(CC(C)C)S(=O)(=O)c2ccc(OC)cc2)cc1)Oc1ccccc1. The van der Waals surface area contributed by atoms with Crippen LogP contribution in [-0.4, -0.2) is 107 Å². The van der Waals surface area contributed by atoms with E-state index in [4.69, 9.17) is 37.5 Å². The average molecular weight is 863 g/mol. The summed E-state index contributed by atoms with van der Waals surface area (Å²) in [6.45, 7) is 7.60. The first-order chi connectivity index (χ1) is 28.2. The Labute approximate surface area is 345 Å². The molecule has 0 aliphatic carbocycles. The minimum absolute atomic E-state index is 0.0236. The molecule has 7 atom stereocenters. The maximum Gasteiger partial charge on any atom is 0.417 e. The van der Waals surface area contributed by atoms with Gasteiger partial charge in [-0.2, -0.15) is 4.31 Å². The number of benzene rings is 3. The number of fused-ring (bicyclic) bond motifs is 1. The number of nitrogens with one attached hydrogen (secondary N) is 1. The molecule has 2 aliphatic rings. The van der Waals surface area contributed by atoms with Gasteiger partial charge in [0.05, 0.1) is 49.9 Å². The molecule has 16 nitrogen and oxygen atoms in total. The van der Waals surface area contributed by atoms with Crippen molar-refractivity contribution in [2.45, 2.75) is 82.5 Å². The first-order valence-corrected chi connectivity index (χ1v) is 22.8. The third kappa shape index (κ3) is 12.9. The van der Waals surface area contributed by atoms with Gasteiger partial charge in [0, 0.05) is 13.1 Å². The highest BCUT2D eigenvalue weighted by Gasteiger charge is 2.44. The van der Waals surface area contributed by atoms with Crippen molar-refractivity contribution < 1.29 is 65.1 Å². The number of carbonyl (C=O) groups is 2. The molecule has 1 amide bonds. The minimum atomic E-state index is -4.10. The van der Waals surface area contributed by atoms with E-state index >= 15 is 0 Å². The van der Waals surface area contributed by atoms with Gasteiger partial charge in [-0.3, -0.25) is 4.52 Å². The smallest absolute Gasteiger partial charge is 0.417 e. The zero-order valence-electron chi connectivity index (χ0n) is 34.0. The monoisotopic (exact) mass is 862 g/mol. The number of nitrogens with zero attached hydrogens (tertiary/aromatic N) is 1. The number of alkyl carbamates (subject to hydrolysis) is 1. The Hall–Kier alpha value is -4.22. The number of esters is 1. The van der Waals surface area contributed by atoms with Gasteiger partial charge in [-0.25, -0.2) is 22.6 Å². The molecule has 2 saturated heterocycles. The summed E-state index contributed by atoms with van der Waals surface area (Å²) >= 11 is 0. The second-order valence-corrected chi connectivity index (χ2v) is 18.4. The van der Waals surface area contributed by atoms with Gasteiger partial charge in [-0.15, -0.1) is 0 Å². The molecule has 0 radical (unpaired) electrons. The molecule has 3 aromatic carbocycles. The van der Waals surface area contributed by atoms with Crippen LogP contribution < -0.4 is 19.3 Å². The fraction of sp³-hybridized carbons (Fsp3) is 0.512. The Morgan fingerprint density at radius 1 is 0.949 bits per heavy atom. The quantitative estimate of drug-likeness (QED) is 0.0913. The molecule has 0 spiro atoms. The van der Waals surface area contributed by atoms with Gasteiger partial charge in [0.25, 0.3) is 0 Å². The summed E-state index contributed by atoms with van der Waals surface area (Å²) in [4.78, 5) is 25.9. The second-order valence-electron chi connectivity index (χ2n) is 14.6. The number of methoxy groups -OCH3 is 1. The predicted octanol–water partition coefficient (Wildman–Crippen LogP) is 5.77. The molecule has 5 rings (SSSR count). The topological polar surface area (TPSA) is 195 Å². The number of ether oxygens (including phenoxy) is 6. The van der Waals surface area contributed by atoms with Crippen molar-refractivity contribution in [3.8, 4) is 17.2 Å². The van der Waals surface area contributed by atoms with Gasteiger partial charge in [0.15, 0.2) is 12.4 Å². The lowest BCUT2D eigenvalue weighted by Gasteiger charge is -2.31. The van der Waals surface area contributed by atoms with Gasteiger partial charge < -0.3 is 43.4 Å². The van der Waals surface area contributed by atoms with E-state index in [1.54, 1.807) is 80.6 Å². The second kappa shape index (κ2) is 21.3. The highest BCUT2D eigenvalue weighted by molar-refractivity contribution is 7.89. The molecule has 1 unspecified atom stereocenters. The number of aliphatic hydroxyl groups is 1. The van der Waals surface area contributed by atoms with Crippen LogP contribution in [0.15, 0.2) is 83.8 Å². The molecular weight excluding hydrogens is 807 g/mol. The summed E-state index contributed by atoms with van der Waals surface area (Å²) in [7, 11) is -6.70. The Kier molecular flexibility index (Phi) is 16.6. The third-order valence-electron chi connectivity index (χ3n) is 9.63. The fourth-order valence-corrected chi connectivity index (χ4v) is 9.78. The van der Waals surface area contributed by atoms with E-state index in [0.29, 0.717) is 24.3 Å². The molecule has 59 heavy (non-hydrogen) atoms. The molecule has 0 aromatic heterocycles. The van der Waals surface area contributed by atoms with Gasteiger partial charge in [-0.05, 0) is 86.2 Å². The Balaban J connectivity index is 1.33. The number of hydrogen-bond acceptors (Lipinski definition) is 14. The molecular formula is C41H55N2O14PS. The predicted molar refractivity (Wildman–Crippen MR) is 216 cm³/mol. The van der Waals surface area contributed by atoms with Crippen molar-refractivity contribution in [1.82, 2.24) is 9.62 Å². The van der Waals surface area contributed by atoms with Crippen molar-refractivity contribution in [2.75, 3.05) is 46.4 Å². The highest BCUT2D eigenvalue weighted by atomic mass is 32.2. The molecule has 3 aromatic rings. The molecule has 2 fully saturated rings. The zero-order chi connectivity index (χ0) is 42.6. The Morgan fingerprint density at radius 2 is 1.64 bits per heavy atom. The number of carbonyl (C=O) groups excluding carboxylic acids is 2. The van der Waals surface area contributed by atoms with E-state index in [9.17, 15) is 27.7 Å². The summed E-state index contributed by atoms with van der Waals surface area (Å²) in [6, 6.07) is 19.9. The molecule has 0 saturated carbocycles. The molecule has 18 heteroatoms. The van der Waals surface area contributed by atoms with E-state index in [1.165, 1.54) is 23.5 Å². The van der Waals surface area contributed by atoms with Crippen LogP contribution >= 0.6 is 7.60 Å². The van der Waals surface area contributed by atoms with Crippen LogP contribution in [0.2, 0.25) is 0 Å². The zero-order valence-corrected chi connectivity index (χ0v) is 35.7. The molecule has 2 aliphatic heterocycles. The van der Waals surface area contributed by atoms with E-state index in [0.717, 1.165) is 0 Å². The normalized spacial score (nSPS) is 20.2. The van der Waals surface area contributed by atoms with Crippen LogP contribution in [0.3, 0.4) is 0 Å². The number of aliphatic hydroxyl groups excluding tert-OH is 1. The highest BCUT2D eigenvalue weighted by Crippen LogP contribution is 2.50. The average Bonchev–Trinajstić information content (AvgIpc) is 3.85. The van der Waals surface area contributed by atoms with E-state index in [-0.39, 0.29) is 67.4 Å². The number of amides is 1. The van der Waals surface area contributed by atoms with Gasteiger partial charge in [0.1, 0.15) is 23.4 Å². The number of sulfonamides is 1. The Bertz CT molecular complexity index is 1950. The summed E-state index contributed by atoms with van der Waals surface area (Å²) in [5.74, 6) is 0.133. The van der Waals surface area contributed by atoms with E-state index < -0.39 is 66.7 Å². The Morgan fingerprint density at radius 3 is 2.29 bits per heavy atom. The lowest BCUT2D eigenvalue weighted by atomic mass is 10.0. The van der Waals surface area contributed by atoms with Crippen LogP contribution in [0, 0.1) is 11.8 Å². The lowest BCUT2D eigenvalue weighted by molar-refractivity contribution is -0.151. The van der Waals surface area contributed by atoms with Crippen LogP contribution in [0.1, 0.15) is 46.1 Å². The van der Waals surface area contributed by atoms with Crippen LogP contribution in [0.4, 0.5) is 4.79 Å². The summed E-state index contributed by atoms with van der Waals surface area (Å²) in [5.41, 5.74) is 0.636. The molecule has 0 bridgehead atoms. The third-order valence-corrected chi connectivity index (χ3v) is 13.0. The number of hydrogen-bond donors (Lipinski definition) is 2. The van der Waals surface area contributed by atoms with Crippen molar-refractivity contribution in [1.29, 1.82) is 0 Å². The summed E-state index contributed by atoms with van der Waals surface area (Å²) < 4.78 is 87.7. The van der Waals surface area contributed by atoms with Gasteiger partial charge in [-0.1, -0.05) is 51.1 Å². The lowest BCUT2D eigenvalue weighted by Crippen LogP contribution is -2.51. The first kappa shape index (κ1) is 45.9. The van der Waals surface area contributed by atoms with Gasteiger partial charge in [0.2, 0.25) is 16.4 Å². The molecule has 2 N–H and O–H groups in total. The van der Waals surface area contributed by atoms with E-state index in [2.05, 4.69) is 5.32 Å². The number of rotatable bonds is 22. The maximum absolute atomic E-state index is 14.0. The molecule has 324 valence electrons. The maximum atomic E-state index is 14.0. The first-order valence-electron chi connectivity index (χ1n) is 19.7. The van der Waals surface area contributed by atoms with Crippen LogP contribution in [0.25, 0.3) is 0 Å². The van der Waals surface area contributed by atoms with Crippen molar-refractivity contribution in [2.24, 2.45) is 11.8 Å². The summed E-state index contributed by atoms with van der Waals surface area (Å²) in [6.07, 6.45) is -3.99. The largest absolute Gasteiger partial charge is 0.497 e. The van der Waals surface area contributed by atoms with Crippen molar-refractivity contribution in [3.05, 3.63) is 84.4 Å². The standard InChI is InChI=1S/C41H55N2O14PS/c1-6-37(39(45)51-7-2)57-58(47,56-32-11-9-8-10-12-32)27-54-31-15-13-29(14-16-31)23-35(42-41(46)55-38-26-53-40-34(38)21-22-52-40)36(44)25-43(24-28(3)4)59(48,49)33-19-17-30(50-5)18-20-33/h8-20,28,34-38,40,44H,6-7,21-27H2,1-5H3,(H,42,46)/t34-,35-,36+,37+,38-,40+,58?/m0/s1. The van der Waals surface area contributed by atoms with Crippen LogP contribution in [0.5, 0.6) is 17.2 Å². The van der Waals surface area contributed by atoms with Gasteiger partial charge >= 0.3 is 19.7 Å². The van der Waals surface area contributed by atoms with Crippen molar-refractivity contribution in [3.63, 3.8) is 0 Å². The van der Waals surface area contributed by atoms with Crippen molar-refractivity contribution >= 4 is 29.7 Å². The molecule has 2 heterocycles. The minimum Gasteiger partial charge on any atom is -0.497 e. The summed E-state index contributed by atoms with van der Waals surface area (Å²) in [5, 5.41) is 14.5. The fourth-order valence-electron chi connectivity index (χ4n) is 6.63.